The number of hydrogen-bond acceptors (Lipinski definition) is 4. The number of nitrogens with one attached hydrogen (secondary N) is 1. The molecule has 0 spiro atoms. The lowest BCUT2D eigenvalue weighted by Crippen LogP contribution is -3.12. The highest BCUT2D eigenvalue weighted by atomic mass is 16.5. The molecular formula is C22H24NO4+. The second kappa shape index (κ2) is 7.45. The Hall–Kier alpha value is -2.79. The highest BCUT2D eigenvalue weighted by molar-refractivity contribution is 5.85. The number of aryl methyl sites for hydroxylation is 1. The first kappa shape index (κ1) is 17.6. The summed E-state index contributed by atoms with van der Waals surface area (Å²) in [6.07, 6.45) is 1.75. The van der Waals surface area contributed by atoms with Gasteiger partial charge < -0.3 is 13.9 Å². The van der Waals surface area contributed by atoms with E-state index in [9.17, 15) is 4.79 Å². The van der Waals surface area contributed by atoms with Crippen LogP contribution in [0.5, 0.6) is 11.5 Å². The molecule has 0 radical (unpaired) electrons. The first-order valence-corrected chi connectivity index (χ1v) is 9.36. The summed E-state index contributed by atoms with van der Waals surface area (Å²) in [5, 5.41) is 1.01. The van der Waals surface area contributed by atoms with Gasteiger partial charge in [0.25, 0.3) is 0 Å². The number of rotatable bonds is 5. The molecule has 0 aliphatic carbocycles. The van der Waals surface area contributed by atoms with Gasteiger partial charge in [0.1, 0.15) is 18.0 Å². The number of hydrogen-bond donors (Lipinski definition) is 1. The van der Waals surface area contributed by atoms with Crippen LogP contribution in [0.4, 0.5) is 0 Å². The van der Waals surface area contributed by atoms with Crippen LogP contribution in [0, 0.1) is 0 Å². The van der Waals surface area contributed by atoms with E-state index in [0.29, 0.717) is 12.3 Å². The van der Waals surface area contributed by atoms with Gasteiger partial charge in [0.2, 0.25) is 6.73 Å². The molecule has 2 aromatic carbocycles. The van der Waals surface area contributed by atoms with Gasteiger partial charge in [-0.1, -0.05) is 19.1 Å². The minimum atomic E-state index is -0.293. The summed E-state index contributed by atoms with van der Waals surface area (Å²) in [7, 11) is 1.67. The number of benzene rings is 2. The Morgan fingerprint density at radius 1 is 1.15 bits per heavy atom. The van der Waals surface area contributed by atoms with Crippen LogP contribution in [0.25, 0.3) is 11.0 Å². The summed E-state index contributed by atoms with van der Waals surface area (Å²) in [6.45, 7) is 4.40. The summed E-state index contributed by atoms with van der Waals surface area (Å²) in [6, 6.07) is 13.8. The lowest BCUT2D eigenvalue weighted by atomic mass is 10.0. The predicted octanol–water partition coefficient (Wildman–Crippen LogP) is 2.34. The van der Waals surface area contributed by atoms with Crippen molar-refractivity contribution in [3.05, 3.63) is 69.6 Å². The van der Waals surface area contributed by atoms with Crippen LogP contribution in [-0.2, 0) is 19.4 Å². The van der Waals surface area contributed by atoms with Crippen LogP contribution in [0.1, 0.15) is 23.6 Å². The summed E-state index contributed by atoms with van der Waals surface area (Å²) in [4.78, 5) is 13.3. The molecular weight excluding hydrogens is 342 g/mol. The van der Waals surface area contributed by atoms with Crippen LogP contribution in [0.2, 0.25) is 0 Å². The minimum Gasteiger partial charge on any atom is -0.497 e. The minimum absolute atomic E-state index is 0.293. The second-order valence-electron chi connectivity index (χ2n) is 6.93. The SMILES string of the molecule is CCc1cc(=O)oc2c3c(ccc12)OC[NH+](CCc1ccc(OC)cc1)C3. The van der Waals surface area contributed by atoms with Crippen molar-refractivity contribution in [2.24, 2.45) is 0 Å². The number of ether oxygens (including phenoxy) is 2. The van der Waals surface area contributed by atoms with E-state index in [4.69, 9.17) is 13.9 Å². The van der Waals surface area contributed by atoms with Gasteiger partial charge in [-0.2, -0.15) is 0 Å². The van der Waals surface area contributed by atoms with Gasteiger partial charge in [-0.15, -0.1) is 0 Å². The molecule has 0 bridgehead atoms. The Bertz CT molecular complexity index is 1010. The van der Waals surface area contributed by atoms with Gasteiger partial charge in [0, 0.05) is 17.9 Å². The molecule has 0 saturated carbocycles. The Balaban J connectivity index is 1.56. The van der Waals surface area contributed by atoms with Crippen LogP contribution in [0.15, 0.2) is 51.7 Å². The van der Waals surface area contributed by atoms with Crippen LogP contribution >= 0.6 is 0 Å². The van der Waals surface area contributed by atoms with Gasteiger partial charge in [-0.25, -0.2) is 4.79 Å². The van der Waals surface area contributed by atoms with Gasteiger partial charge in [0.15, 0.2) is 5.58 Å². The highest BCUT2D eigenvalue weighted by Crippen LogP contribution is 2.30. The normalized spacial score (nSPS) is 16.0. The first-order valence-electron chi connectivity index (χ1n) is 9.36. The van der Waals surface area contributed by atoms with Gasteiger partial charge in [0.05, 0.1) is 19.2 Å². The van der Waals surface area contributed by atoms with Crippen molar-refractivity contribution < 1.29 is 18.8 Å². The van der Waals surface area contributed by atoms with E-state index >= 15 is 0 Å². The molecule has 4 rings (SSSR count). The van der Waals surface area contributed by atoms with Crippen LogP contribution in [0.3, 0.4) is 0 Å². The average Bonchev–Trinajstić information content (AvgIpc) is 2.71. The Morgan fingerprint density at radius 3 is 2.70 bits per heavy atom. The van der Waals surface area contributed by atoms with E-state index in [1.165, 1.54) is 10.5 Å². The van der Waals surface area contributed by atoms with Gasteiger partial charge in [-0.05, 0) is 41.8 Å². The van der Waals surface area contributed by atoms with Gasteiger partial charge >= 0.3 is 5.63 Å². The van der Waals surface area contributed by atoms with E-state index in [0.717, 1.165) is 53.9 Å². The molecule has 2 heterocycles. The third kappa shape index (κ3) is 3.55. The monoisotopic (exact) mass is 366 g/mol. The molecule has 0 amide bonds. The molecule has 1 N–H and O–H groups in total. The highest BCUT2D eigenvalue weighted by Gasteiger charge is 2.24. The molecule has 1 atom stereocenters. The summed E-state index contributed by atoms with van der Waals surface area (Å²) >= 11 is 0. The standard InChI is InChI=1S/C22H23NO4/c1-3-16-12-21(24)27-22-18(16)8-9-20-19(22)13-23(14-26-20)11-10-15-4-6-17(25-2)7-5-15/h4-9,12H,3,10-11,13-14H2,1-2H3/p+1. The van der Waals surface area contributed by atoms with Crippen LogP contribution < -0.4 is 20.0 Å². The molecule has 5 heteroatoms. The Kier molecular flexibility index (Phi) is 4.86. The summed E-state index contributed by atoms with van der Waals surface area (Å²) < 4.78 is 16.8. The largest absolute Gasteiger partial charge is 0.497 e. The third-order valence-corrected chi connectivity index (χ3v) is 5.22. The molecule has 27 heavy (non-hydrogen) atoms. The van der Waals surface area contributed by atoms with Crippen molar-refractivity contribution in [3.63, 3.8) is 0 Å². The zero-order valence-corrected chi connectivity index (χ0v) is 15.7. The lowest BCUT2D eigenvalue weighted by molar-refractivity contribution is -0.932. The zero-order valence-electron chi connectivity index (χ0n) is 15.7. The molecule has 5 nitrogen and oxygen atoms in total. The van der Waals surface area contributed by atoms with E-state index in [-0.39, 0.29) is 5.63 Å². The summed E-state index contributed by atoms with van der Waals surface area (Å²) in [5.74, 6) is 1.70. The molecule has 1 unspecified atom stereocenters. The second-order valence-corrected chi connectivity index (χ2v) is 6.93. The van der Waals surface area contributed by atoms with E-state index in [1.807, 2.05) is 24.3 Å². The lowest BCUT2D eigenvalue weighted by Gasteiger charge is -2.26. The van der Waals surface area contributed by atoms with Crippen molar-refractivity contribution in [1.29, 1.82) is 0 Å². The van der Waals surface area contributed by atoms with E-state index < -0.39 is 0 Å². The third-order valence-electron chi connectivity index (χ3n) is 5.22. The molecule has 0 fully saturated rings. The summed E-state index contributed by atoms with van der Waals surface area (Å²) in [5.41, 5.74) is 3.67. The average molecular weight is 366 g/mol. The fraction of sp³-hybridized carbons (Fsp3) is 0.318. The quantitative estimate of drug-likeness (QED) is 0.705. The molecule has 0 saturated heterocycles. The first-order chi connectivity index (χ1) is 13.2. The Labute approximate surface area is 158 Å². The molecule has 1 aliphatic heterocycles. The van der Waals surface area contributed by atoms with Crippen LogP contribution in [-0.4, -0.2) is 20.4 Å². The van der Waals surface area contributed by atoms with Crippen molar-refractivity contribution in [3.8, 4) is 11.5 Å². The van der Waals surface area contributed by atoms with E-state index in [2.05, 4.69) is 19.1 Å². The predicted molar refractivity (Wildman–Crippen MR) is 104 cm³/mol. The Morgan fingerprint density at radius 2 is 1.96 bits per heavy atom. The number of methoxy groups -OCH3 is 1. The topological polar surface area (TPSA) is 53.1 Å². The number of quaternary nitrogens is 1. The molecule has 1 aromatic heterocycles. The van der Waals surface area contributed by atoms with E-state index in [1.54, 1.807) is 13.2 Å². The van der Waals surface area contributed by atoms with Crippen molar-refractivity contribution in [2.45, 2.75) is 26.3 Å². The fourth-order valence-electron chi connectivity index (χ4n) is 3.68. The van der Waals surface area contributed by atoms with Gasteiger partial charge in [-0.3, -0.25) is 4.90 Å². The maximum Gasteiger partial charge on any atom is 0.336 e. The van der Waals surface area contributed by atoms with Crippen molar-refractivity contribution in [2.75, 3.05) is 20.4 Å². The fourth-order valence-corrected chi connectivity index (χ4v) is 3.68. The molecule has 1 aliphatic rings. The zero-order chi connectivity index (χ0) is 18.8. The smallest absolute Gasteiger partial charge is 0.336 e. The number of fused-ring (bicyclic) bond motifs is 3. The maximum atomic E-state index is 12.0. The molecule has 3 aromatic rings. The van der Waals surface area contributed by atoms with Crippen molar-refractivity contribution in [1.82, 2.24) is 0 Å². The van der Waals surface area contributed by atoms with Crippen molar-refractivity contribution >= 4 is 11.0 Å². The maximum absolute atomic E-state index is 12.0. The molecule has 140 valence electrons.